The number of benzene rings is 3. The number of aromatic nitrogens is 1. The molecule has 1 heterocycles. The Morgan fingerprint density at radius 3 is 2.19 bits per heavy atom. The Balaban J connectivity index is 1.48. The molecule has 0 bridgehead atoms. The summed E-state index contributed by atoms with van der Waals surface area (Å²) < 4.78 is 0. The zero-order chi connectivity index (χ0) is 21.8. The molecule has 2 amide bonds. The number of hydrogen-bond donors (Lipinski definition) is 2. The fourth-order valence-electron chi connectivity index (χ4n) is 4.51. The molecule has 1 aliphatic rings. The Morgan fingerprint density at radius 1 is 0.781 bits per heavy atom. The van der Waals surface area contributed by atoms with Gasteiger partial charge in [-0.25, -0.2) is 9.78 Å². The summed E-state index contributed by atoms with van der Waals surface area (Å²) in [5.41, 5.74) is 5.92. The van der Waals surface area contributed by atoms with Gasteiger partial charge in [-0.05, 0) is 42.7 Å². The average Bonchev–Trinajstić information content (AvgIpc) is 2.85. The molecule has 1 saturated carbocycles. The van der Waals surface area contributed by atoms with Gasteiger partial charge in [0.05, 0.1) is 11.2 Å². The van der Waals surface area contributed by atoms with Crippen molar-refractivity contribution in [2.75, 3.05) is 5.32 Å². The van der Waals surface area contributed by atoms with E-state index in [1.165, 1.54) is 19.3 Å². The predicted molar refractivity (Wildman–Crippen MR) is 132 cm³/mol. The zero-order valence-electron chi connectivity index (χ0n) is 18.1. The summed E-state index contributed by atoms with van der Waals surface area (Å²) in [5.74, 6) is 0. The standard InChI is InChI=1S/C28H27N3O/c32-28(29-23-14-8-3-9-15-23)30-24-16-17-26-22(18-24)19-25(20-10-4-1-5-11-20)27(31-26)21-12-6-2-7-13-21/h1-2,4-7,10-13,16-19,23H,3,8-9,14-15H2,(H2,29,30,32). The van der Waals surface area contributed by atoms with Gasteiger partial charge in [-0.15, -0.1) is 0 Å². The van der Waals surface area contributed by atoms with Crippen LogP contribution in [0.2, 0.25) is 0 Å². The Labute approximate surface area is 188 Å². The van der Waals surface area contributed by atoms with E-state index in [9.17, 15) is 4.79 Å². The van der Waals surface area contributed by atoms with Gasteiger partial charge < -0.3 is 10.6 Å². The lowest BCUT2D eigenvalue weighted by atomic mass is 9.96. The molecular formula is C28H27N3O. The lowest BCUT2D eigenvalue weighted by Gasteiger charge is -2.22. The van der Waals surface area contributed by atoms with E-state index in [1.807, 2.05) is 54.6 Å². The summed E-state index contributed by atoms with van der Waals surface area (Å²) >= 11 is 0. The van der Waals surface area contributed by atoms with E-state index in [-0.39, 0.29) is 12.1 Å². The molecule has 4 heteroatoms. The molecule has 0 aliphatic heterocycles. The third kappa shape index (κ3) is 4.50. The smallest absolute Gasteiger partial charge is 0.319 e. The molecule has 0 radical (unpaired) electrons. The first-order valence-electron chi connectivity index (χ1n) is 11.4. The number of anilines is 1. The molecule has 2 N–H and O–H groups in total. The summed E-state index contributed by atoms with van der Waals surface area (Å²) in [4.78, 5) is 17.5. The molecule has 0 saturated heterocycles. The minimum absolute atomic E-state index is 0.131. The van der Waals surface area contributed by atoms with E-state index in [4.69, 9.17) is 4.98 Å². The highest BCUT2D eigenvalue weighted by molar-refractivity contribution is 5.96. The molecule has 0 atom stereocenters. The van der Waals surface area contributed by atoms with Crippen LogP contribution in [0, 0.1) is 0 Å². The molecule has 4 aromatic rings. The van der Waals surface area contributed by atoms with Crippen molar-refractivity contribution in [1.29, 1.82) is 0 Å². The lowest BCUT2D eigenvalue weighted by molar-refractivity contribution is 0.244. The normalized spacial score (nSPS) is 14.2. The van der Waals surface area contributed by atoms with E-state index in [0.717, 1.165) is 51.8 Å². The van der Waals surface area contributed by atoms with E-state index >= 15 is 0 Å². The highest BCUT2D eigenvalue weighted by Crippen LogP contribution is 2.34. The fraction of sp³-hybridized carbons (Fsp3) is 0.214. The number of amides is 2. The van der Waals surface area contributed by atoms with Crippen LogP contribution in [0.4, 0.5) is 10.5 Å². The number of urea groups is 1. The van der Waals surface area contributed by atoms with Crippen molar-refractivity contribution in [3.63, 3.8) is 0 Å². The van der Waals surface area contributed by atoms with Crippen molar-refractivity contribution in [3.8, 4) is 22.4 Å². The van der Waals surface area contributed by atoms with E-state index < -0.39 is 0 Å². The van der Waals surface area contributed by atoms with Gasteiger partial charge in [0.25, 0.3) is 0 Å². The molecule has 3 aromatic carbocycles. The Bertz CT molecular complexity index is 1220. The van der Waals surface area contributed by atoms with E-state index in [1.54, 1.807) is 0 Å². The van der Waals surface area contributed by atoms with Gasteiger partial charge >= 0.3 is 6.03 Å². The maximum absolute atomic E-state index is 12.5. The van der Waals surface area contributed by atoms with Crippen LogP contribution in [-0.2, 0) is 0 Å². The summed E-state index contributed by atoms with van der Waals surface area (Å²) in [6.45, 7) is 0. The molecule has 1 fully saturated rings. The van der Waals surface area contributed by atoms with Crippen molar-refractivity contribution < 1.29 is 4.79 Å². The summed E-state index contributed by atoms with van der Waals surface area (Å²) in [6.07, 6.45) is 5.79. The van der Waals surface area contributed by atoms with Gasteiger partial charge in [0.2, 0.25) is 0 Å². The van der Waals surface area contributed by atoms with Crippen molar-refractivity contribution in [2.24, 2.45) is 0 Å². The van der Waals surface area contributed by atoms with Crippen LogP contribution in [0.15, 0.2) is 84.9 Å². The molecule has 1 aliphatic carbocycles. The highest BCUT2D eigenvalue weighted by atomic mass is 16.2. The molecule has 5 rings (SSSR count). The Morgan fingerprint density at radius 2 is 1.47 bits per heavy atom. The van der Waals surface area contributed by atoms with Gasteiger partial charge in [-0.2, -0.15) is 0 Å². The second-order valence-electron chi connectivity index (χ2n) is 8.46. The zero-order valence-corrected chi connectivity index (χ0v) is 18.1. The summed E-state index contributed by atoms with van der Waals surface area (Å²) in [7, 11) is 0. The topological polar surface area (TPSA) is 54.0 Å². The third-order valence-electron chi connectivity index (χ3n) is 6.15. The number of rotatable bonds is 4. The fourth-order valence-corrected chi connectivity index (χ4v) is 4.51. The maximum atomic E-state index is 12.5. The predicted octanol–water partition coefficient (Wildman–Crippen LogP) is 7.02. The maximum Gasteiger partial charge on any atom is 0.319 e. The summed E-state index contributed by atoms with van der Waals surface area (Å²) in [6, 6.07) is 28.8. The van der Waals surface area contributed by atoms with Crippen molar-refractivity contribution in [2.45, 2.75) is 38.1 Å². The van der Waals surface area contributed by atoms with Crippen LogP contribution >= 0.6 is 0 Å². The molecule has 160 valence electrons. The first kappa shape index (κ1) is 20.3. The highest BCUT2D eigenvalue weighted by Gasteiger charge is 2.16. The van der Waals surface area contributed by atoms with Gasteiger partial charge in [0, 0.05) is 28.2 Å². The van der Waals surface area contributed by atoms with Crippen LogP contribution in [0.3, 0.4) is 0 Å². The van der Waals surface area contributed by atoms with Gasteiger partial charge in [-0.3, -0.25) is 0 Å². The minimum atomic E-state index is -0.131. The number of nitrogens with one attached hydrogen (secondary N) is 2. The van der Waals surface area contributed by atoms with Crippen LogP contribution in [0.25, 0.3) is 33.3 Å². The number of pyridine rings is 1. The molecule has 1 aromatic heterocycles. The molecule has 0 unspecified atom stereocenters. The first-order valence-corrected chi connectivity index (χ1v) is 11.4. The number of fused-ring (bicyclic) bond motifs is 1. The second kappa shape index (κ2) is 9.23. The summed E-state index contributed by atoms with van der Waals surface area (Å²) in [5, 5.41) is 7.13. The lowest BCUT2D eigenvalue weighted by Crippen LogP contribution is -2.38. The number of hydrogen-bond acceptors (Lipinski definition) is 2. The van der Waals surface area contributed by atoms with Gasteiger partial charge in [0.15, 0.2) is 0 Å². The number of nitrogens with zero attached hydrogens (tertiary/aromatic N) is 1. The van der Waals surface area contributed by atoms with E-state index in [0.29, 0.717) is 0 Å². The van der Waals surface area contributed by atoms with E-state index in [2.05, 4.69) is 41.0 Å². The third-order valence-corrected chi connectivity index (χ3v) is 6.15. The molecule has 4 nitrogen and oxygen atoms in total. The molecular weight excluding hydrogens is 394 g/mol. The number of carbonyl (C=O) groups excluding carboxylic acids is 1. The largest absolute Gasteiger partial charge is 0.335 e. The Hall–Kier alpha value is -3.66. The van der Waals surface area contributed by atoms with Crippen molar-refractivity contribution >= 4 is 22.6 Å². The van der Waals surface area contributed by atoms with Gasteiger partial charge in [-0.1, -0.05) is 79.9 Å². The van der Waals surface area contributed by atoms with Crippen molar-refractivity contribution in [1.82, 2.24) is 10.3 Å². The first-order chi connectivity index (χ1) is 15.8. The quantitative estimate of drug-likeness (QED) is 0.372. The minimum Gasteiger partial charge on any atom is -0.335 e. The van der Waals surface area contributed by atoms with Crippen LogP contribution in [0.1, 0.15) is 32.1 Å². The monoisotopic (exact) mass is 421 g/mol. The Kier molecular flexibility index (Phi) is 5.84. The van der Waals surface area contributed by atoms with Crippen molar-refractivity contribution in [3.05, 3.63) is 84.9 Å². The van der Waals surface area contributed by atoms with Gasteiger partial charge in [0.1, 0.15) is 0 Å². The van der Waals surface area contributed by atoms with Crippen LogP contribution in [-0.4, -0.2) is 17.1 Å². The average molecular weight is 422 g/mol. The second-order valence-corrected chi connectivity index (χ2v) is 8.46. The molecule has 32 heavy (non-hydrogen) atoms. The SMILES string of the molecule is O=C(Nc1ccc2nc(-c3ccccc3)c(-c3ccccc3)cc2c1)NC1CCCCC1. The number of carbonyl (C=O) groups is 1. The van der Waals surface area contributed by atoms with Crippen LogP contribution in [0.5, 0.6) is 0 Å². The molecule has 0 spiro atoms. The van der Waals surface area contributed by atoms with Crippen LogP contribution < -0.4 is 10.6 Å².